The molecule has 0 bridgehead atoms. The van der Waals surface area contributed by atoms with Crippen molar-refractivity contribution < 1.29 is 4.74 Å². The van der Waals surface area contributed by atoms with Crippen molar-refractivity contribution in [3.63, 3.8) is 0 Å². The predicted molar refractivity (Wildman–Crippen MR) is 65.1 cm³/mol. The number of benzene rings is 1. The molecule has 3 rings (SSSR count). The van der Waals surface area contributed by atoms with Gasteiger partial charge >= 0.3 is 0 Å². The number of hydrogen-bond donors (Lipinski definition) is 0. The molecule has 1 heterocycles. The summed E-state index contributed by atoms with van der Waals surface area (Å²) in [5, 5.41) is 0. The van der Waals surface area contributed by atoms with Crippen LogP contribution >= 0.6 is 0 Å². The summed E-state index contributed by atoms with van der Waals surface area (Å²) in [6.07, 6.45) is 4.80. The van der Waals surface area contributed by atoms with E-state index in [1.807, 2.05) is 0 Å². The highest BCUT2D eigenvalue weighted by Gasteiger charge is 2.23. The molecule has 86 valence electrons. The Hall–Kier alpha value is -1.02. The van der Waals surface area contributed by atoms with Gasteiger partial charge in [0.2, 0.25) is 0 Å². The van der Waals surface area contributed by atoms with Gasteiger partial charge in [0, 0.05) is 12.5 Å². The fourth-order valence-corrected chi connectivity index (χ4v) is 2.86. The molecular formula is C14H19NO. The first-order valence-corrected chi connectivity index (χ1v) is 6.18. The van der Waals surface area contributed by atoms with Crippen LogP contribution in [0.2, 0.25) is 0 Å². The summed E-state index contributed by atoms with van der Waals surface area (Å²) in [5.74, 6) is 1.14. The zero-order valence-corrected chi connectivity index (χ0v) is 10.1. The largest absolute Gasteiger partial charge is 0.493 e. The van der Waals surface area contributed by atoms with Gasteiger partial charge in [-0.15, -0.1) is 0 Å². The summed E-state index contributed by atoms with van der Waals surface area (Å²) in [4.78, 5) is 2.34. The molecule has 0 spiro atoms. The second kappa shape index (κ2) is 3.77. The lowest BCUT2D eigenvalue weighted by atomic mass is 9.86. The number of ether oxygens (including phenoxy) is 1. The maximum Gasteiger partial charge on any atom is 0.122 e. The van der Waals surface area contributed by atoms with Crippen molar-refractivity contribution in [2.45, 2.75) is 31.7 Å². The molecule has 0 amide bonds. The number of likely N-dealkylation sites (N-methyl/N-ethyl adjacent to an activating group) is 1. The number of fused-ring (bicyclic) bond motifs is 2. The first-order valence-electron chi connectivity index (χ1n) is 6.18. The van der Waals surface area contributed by atoms with E-state index in [0.29, 0.717) is 6.04 Å². The van der Waals surface area contributed by atoms with Crippen molar-refractivity contribution in [1.29, 1.82) is 0 Å². The summed E-state index contributed by atoms with van der Waals surface area (Å²) in [6, 6.07) is 5.36. The third-order valence-electron chi connectivity index (χ3n) is 3.94. The molecule has 0 fully saturated rings. The van der Waals surface area contributed by atoms with E-state index in [9.17, 15) is 0 Å². The maximum atomic E-state index is 5.65. The van der Waals surface area contributed by atoms with Crippen molar-refractivity contribution in [2.75, 3.05) is 20.7 Å². The van der Waals surface area contributed by atoms with E-state index in [1.165, 1.54) is 30.4 Å². The van der Waals surface area contributed by atoms with Gasteiger partial charge in [0.1, 0.15) is 5.75 Å². The zero-order chi connectivity index (χ0) is 11.1. The normalized spacial score (nSPS) is 22.8. The molecule has 1 aliphatic carbocycles. The molecule has 0 saturated heterocycles. The molecule has 2 aliphatic rings. The molecule has 1 aromatic rings. The SMILES string of the molecule is CN(C)C1CCc2cc3c(cc2C1)OCC3. The highest BCUT2D eigenvalue weighted by molar-refractivity contribution is 5.46. The van der Waals surface area contributed by atoms with Gasteiger partial charge < -0.3 is 9.64 Å². The van der Waals surface area contributed by atoms with Crippen LogP contribution in [-0.2, 0) is 19.3 Å². The van der Waals surface area contributed by atoms with Gasteiger partial charge in [-0.3, -0.25) is 0 Å². The van der Waals surface area contributed by atoms with Crippen LogP contribution in [0.5, 0.6) is 5.75 Å². The smallest absolute Gasteiger partial charge is 0.122 e. The Morgan fingerprint density at radius 3 is 2.81 bits per heavy atom. The molecule has 2 heteroatoms. The molecule has 0 radical (unpaired) electrons. The molecule has 1 aromatic carbocycles. The minimum Gasteiger partial charge on any atom is -0.493 e. The van der Waals surface area contributed by atoms with E-state index in [4.69, 9.17) is 4.74 Å². The highest BCUT2D eigenvalue weighted by Crippen LogP contribution is 2.33. The summed E-state index contributed by atoms with van der Waals surface area (Å²) in [6.45, 7) is 0.870. The molecule has 1 atom stereocenters. The third-order valence-corrected chi connectivity index (χ3v) is 3.94. The lowest BCUT2D eigenvalue weighted by Crippen LogP contribution is -2.33. The lowest BCUT2D eigenvalue weighted by molar-refractivity contribution is 0.267. The Bertz CT molecular complexity index is 411. The second-order valence-corrected chi connectivity index (χ2v) is 5.19. The monoisotopic (exact) mass is 217 g/mol. The first kappa shape index (κ1) is 10.2. The first-order chi connectivity index (χ1) is 7.74. The van der Waals surface area contributed by atoms with Crippen LogP contribution in [-0.4, -0.2) is 31.6 Å². The minimum atomic E-state index is 0.701. The van der Waals surface area contributed by atoms with Crippen molar-refractivity contribution in [2.24, 2.45) is 0 Å². The molecule has 0 saturated carbocycles. The summed E-state index contributed by atoms with van der Waals surface area (Å²) in [7, 11) is 4.36. The Morgan fingerprint density at radius 1 is 1.12 bits per heavy atom. The minimum absolute atomic E-state index is 0.701. The molecule has 1 aliphatic heterocycles. The highest BCUT2D eigenvalue weighted by atomic mass is 16.5. The summed E-state index contributed by atoms with van der Waals surface area (Å²) < 4.78 is 5.65. The van der Waals surface area contributed by atoms with Crippen LogP contribution in [0.4, 0.5) is 0 Å². The van der Waals surface area contributed by atoms with Crippen LogP contribution in [0.3, 0.4) is 0 Å². The Kier molecular flexibility index (Phi) is 2.40. The Morgan fingerprint density at radius 2 is 2.00 bits per heavy atom. The van der Waals surface area contributed by atoms with Gasteiger partial charge in [-0.2, -0.15) is 0 Å². The average molecular weight is 217 g/mol. The third kappa shape index (κ3) is 1.61. The van der Waals surface area contributed by atoms with Crippen LogP contribution in [0, 0.1) is 0 Å². The van der Waals surface area contributed by atoms with Crippen molar-refractivity contribution in [3.05, 3.63) is 28.8 Å². The van der Waals surface area contributed by atoms with Gasteiger partial charge in [-0.05, 0) is 56.1 Å². The number of aryl methyl sites for hydroxylation is 1. The van der Waals surface area contributed by atoms with Gasteiger partial charge in [-0.25, -0.2) is 0 Å². The van der Waals surface area contributed by atoms with Crippen LogP contribution < -0.4 is 4.74 Å². The zero-order valence-electron chi connectivity index (χ0n) is 10.1. The number of rotatable bonds is 1. The van der Waals surface area contributed by atoms with E-state index in [0.717, 1.165) is 18.8 Å². The van der Waals surface area contributed by atoms with Crippen molar-refractivity contribution in [3.8, 4) is 5.75 Å². The molecule has 16 heavy (non-hydrogen) atoms. The van der Waals surface area contributed by atoms with E-state index < -0.39 is 0 Å². The topological polar surface area (TPSA) is 12.5 Å². The Labute approximate surface area is 97.2 Å². The summed E-state index contributed by atoms with van der Waals surface area (Å²) in [5.41, 5.74) is 4.48. The van der Waals surface area contributed by atoms with E-state index in [-0.39, 0.29) is 0 Å². The summed E-state index contributed by atoms with van der Waals surface area (Å²) >= 11 is 0. The van der Waals surface area contributed by atoms with Crippen LogP contribution in [0.15, 0.2) is 12.1 Å². The van der Waals surface area contributed by atoms with Gasteiger partial charge in [0.05, 0.1) is 6.61 Å². The molecule has 0 N–H and O–H groups in total. The predicted octanol–water partition coefficient (Wildman–Crippen LogP) is 2.04. The van der Waals surface area contributed by atoms with E-state index in [1.54, 1.807) is 5.56 Å². The Balaban J connectivity index is 1.93. The van der Waals surface area contributed by atoms with E-state index in [2.05, 4.69) is 31.1 Å². The van der Waals surface area contributed by atoms with Crippen molar-refractivity contribution in [1.82, 2.24) is 4.90 Å². The van der Waals surface area contributed by atoms with Crippen LogP contribution in [0.25, 0.3) is 0 Å². The van der Waals surface area contributed by atoms with Gasteiger partial charge in [0.15, 0.2) is 0 Å². The average Bonchev–Trinajstić information content (AvgIpc) is 2.71. The van der Waals surface area contributed by atoms with Crippen molar-refractivity contribution >= 4 is 0 Å². The fraction of sp³-hybridized carbons (Fsp3) is 0.571. The second-order valence-electron chi connectivity index (χ2n) is 5.19. The molecule has 1 unspecified atom stereocenters. The van der Waals surface area contributed by atoms with Gasteiger partial charge in [0.25, 0.3) is 0 Å². The molecule has 2 nitrogen and oxygen atoms in total. The van der Waals surface area contributed by atoms with E-state index >= 15 is 0 Å². The maximum absolute atomic E-state index is 5.65. The van der Waals surface area contributed by atoms with Gasteiger partial charge in [-0.1, -0.05) is 6.07 Å². The quantitative estimate of drug-likeness (QED) is 0.714. The lowest BCUT2D eigenvalue weighted by Gasteiger charge is -2.30. The number of hydrogen-bond acceptors (Lipinski definition) is 2. The standard InChI is InChI=1S/C14H19NO/c1-15(2)13-4-3-10-7-11-5-6-16-14(11)9-12(10)8-13/h7,9,13H,3-6,8H2,1-2H3. The molecule has 0 aromatic heterocycles. The molecular weight excluding hydrogens is 198 g/mol. The van der Waals surface area contributed by atoms with Crippen LogP contribution in [0.1, 0.15) is 23.1 Å². The fourth-order valence-electron chi connectivity index (χ4n) is 2.86. The number of nitrogens with zero attached hydrogens (tertiary/aromatic N) is 1.